The molecule has 68 valence electrons. The van der Waals surface area contributed by atoms with E-state index in [2.05, 4.69) is 6.58 Å². The molecular formula is C7H10ClNO3. The van der Waals surface area contributed by atoms with E-state index in [9.17, 15) is 9.59 Å². The quantitative estimate of drug-likeness (QED) is 0.539. The summed E-state index contributed by atoms with van der Waals surface area (Å²) in [6, 6.07) is -0.832. The van der Waals surface area contributed by atoms with Gasteiger partial charge in [-0.05, 0) is 18.0 Å². The van der Waals surface area contributed by atoms with E-state index in [0.717, 1.165) is 4.90 Å². The highest BCUT2D eigenvalue weighted by Crippen LogP contribution is 2.06. The SMILES string of the molecule is C=CCC(C(=O)Cl)N(C)C(=O)O. The van der Waals surface area contributed by atoms with Crippen molar-refractivity contribution in [1.29, 1.82) is 0 Å². The zero-order valence-electron chi connectivity index (χ0n) is 6.66. The van der Waals surface area contributed by atoms with Crippen molar-refractivity contribution in [2.45, 2.75) is 12.5 Å². The lowest BCUT2D eigenvalue weighted by Crippen LogP contribution is -2.39. The molecule has 4 nitrogen and oxygen atoms in total. The molecule has 0 fully saturated rings. The average molecular weight is 192 g/mol. The number of carboxylic acid groups (broad SMARTS) is 1. The van der Waals surface area contributed by atoms with Crippen LogP contribution in [0.4, 0.5) is 4.79 Å². The fourth-order valence-electron chi connectivity index (χ4n) is 0.694. The molecule has 12 heavy (non-hydrogen) atoms. The standard InChI is InChI=1S/C7H10ClNO3/c1-3-4-5(6(8)10)9(2)7(11)12/h3,5H,1,4H2,2H3,(H,11,12). The summed E-state index contributed by atoms with van der Waals surface area (Å²) < 4.78 is 0. The van der Waals surface area contributed by atoms with Crippen LogP contribution in [0.3, 0.4) is 0 Å². The van der Waals surface area contributed by atoms with E-state index >= 15 is 0 Å². The number of rotatable bonds is 4. The van der Waals surface area contributed by atoms with Crippen LogP contribution >= 0.6 is 11.6 Å². The molecule has 5 heteroatoms. The molecule has 0 bridgehead atoms. The van der Waals surface area contributed by atoms with E-state index in [0.29, 0.717) is 0 Å². The van der Waals surface area contributed by atoms with Crippen molar-refractivity contribution in [1.82, 2.24) is 4.90 Å². The lowest BCUT2D eigenvalue weighted by molar-refractivity contribution is -0.115. The Kier molecular flexibility index (Phi) is 4.36. The third-order valence-corrected chi connectivity index (χ3v) is 1.67. The lowest BCUT2D eigenvalue weighted by Gasteiger charge is -2.20. The summed E-state index contributed by atoms with van der Waals surface area (Å²) in [6.45, 7) is 3.39. The Hall–Kier alpha value is -1.03. The summed E-state index contributed by atoms with van der Waals surface area (Å²) in [4.78, 5) is 22.0. The maximum Gasteiger partial charge on any atom is 0.407 e. The molecule has 0 saturated carbocycles. The van der Waals surface area contributed by atoms with Crippen LogP contribution in [0.1, 0.15) is 6.42 Å². The Bertz CT molecular complexity index is 205. The molecule has 1 N–H and O–H groups in total. The van der Waals surface area contributed by atoms with E-state index < -0.39 is 17.4 Å². The minimum Gasteiger partial charge on any atom is -0.465 e. The van der Waals surface area contributed by atoms with Gasteiger partial charge in [-0.2, -0.15) is 0 Å². The Morgan fingerprint density at radius 3 is 2.50 bits per heavy atom. The Balaban J connectivity index is 4.38. The lowest BCUT2D eigenvalue weighted by atomic mass is 10.2. The molecule has 0 aliphatic rings. The van der Waals surface area contributed by atoms with Crippen molar-refractivity contribution in [3.63, 3.8) is 0 Å². The zero-order chi connectivity index (χ0) is 9.72. The van der Waals surface area contributed by atoms with Crippen LogP contribution in [0.5, 0.6) is 0 Å². The van der Waals surface area contributed by atoms with Gasteiger partial charge in [0.25, 0.3) is 0 Å². The predicted molar refractivity (Wildman–Crippen MR) is 45.2 cm³/mol. The second-order valence-electron chi connectivity index (χ2n) is 2.24. The van der Waals surface area contributed by atoms with Crippen LogP contribution in [-0.4, -0.2) is 34.4 Å². The van der Waals surface area contributed by atoms with Crippen LogP contribution < -0.4 is 0 Å². The molecule has 0 aromatic carbocycles. The van der Waals surface area contributed by atoms with Gasteiger partial charge in [0.2, 0.25) is 5.24 Å². The van der Waals surface area contributed by atoms with E-state index in [4.69, 9.17) is 16.7 Å². The van der Waals surface area contributed by atoms with Crippen LogP contribution in [0.25, 0.3) is 0 Å². The summed E-state index contributed by atoms with van der Waals surface area (Å²) in [6.07, 6.45) is 0.492. The number of hydrogen-bond donors (Lipinski definition) is 1. The molecule has 0 heterocycles. The Morgan fingerprint density at radius 1 is 1.75 bits per heavy atom. The number of carbonyl (C=O) groups is 2. The van der Waals surface area contributed by atoms with Crippen molar-refractivity contribution in [3.8, 4) is 0 Å². The summed E-state index contributed by atoms with van der Waals surface area (Å²) in [5.74, 6) is 0. The van der Waals surface area contributed by atoms with Gasteiger partial charge in [0.15, 0.2) is 0 Å². The van der Waals surface area contributed by atoms with Gasteiger partial charge in [-0.25, -0.2) is 4.79 Å². The summed E-state index contributed by atoms with van der Waals surface area (Å²) in [5.41, 5.74) is 0. The largest absolute Gasteiger partial charge is 0.465 e. The van der Waals surface area contributed by atoms with Gasteiger partial charge in [0.1, 0.15) is 6.04 Å². The number of likely N-dealkylation sites (N-methyl/N-ethyl adjacent to an activating group) is 1. The second-order valence-corrected chi connectivity index (χ2v) is 2.61. The number of hydrogen-bond acceptors (Lipinski definition) is 2. The third-order valence-electron chi connectivity index (χ3n) is 1.42. The smallest absolute Gasteiger partial charge is 0.407 e. The summed E-state index contributed by atoms with van der Waals surface area (Å²) >= 11 is 5.17. The van der Waals surface area contributed by atoms with E-state index in [1.807, 2.05) is 0 Å². The predicted octanol–water partition coefficient (Wildman–Crippen LogP) is 1.31. The first kappa shape index (κ1) is 11.0. The molecule has 1 atom stereocenters. The highest BCUT2D eigenvalue weighted by molar-refractivity contribution is 6.64. The fourth-order valence-corrected chi connectivity index (χ4v) is 0.930. The van der Waals surface area contributed by atoms with E-state index in [-0.39, 0.29) is 6.42 Å². The van der Waals surface area contributed by atoms with E-state index in [1.54, 1.807) is 0 Å². The number of amides is 1. The topological polar surface area (TPSA) is 57.6 Å². The first-order valence-electron chi connectivity index (χ1n) is 3.26. The molecule has 0 rings (SSSR count). The fraction of sp³-hybridized carbons (Fsp3) is 0.429. The van der Waals surface area contributed by atoms with Gasteiger partial charge >= 0.3 is 6.09 Å². The first-order chi connectivity index (χ1) is 5.50. The van der Waals surface area contributed by atoms with Crippen LogP contribution in [0.15, 0.2) is 12.7 Å². The normalized spacial score (nSPS) is 11.8. The van der Waals surface area contributed by atoms with Crippen molar-refractivity contribution in [3.05, 3.63) is 12.7 Å². The van der Waals surface area contributed by atoms with Crippen LogP contribution in [0.2, 0.25) is 0 Å². The third kappa shape index (κ3) is 2.92. The maximum absolute atomic E-state index is 10.7. The molecule has 0 aliphatic carbocycles. The maximum atomic E-state index is 10.7. The molecular weight excluding hydrogens is 182 g/mol. The van der Waals surface area contributed by atoms with Crippen molar-refractivity contribution < 1.29 is 14.7 Å². The average Bonchev–Trinajstić information content (AvgIpc) is 1.98. The second kappa shape index (κ2) is 4.77. The Morgan fingerprint density at radius 2 is 2.25 bits per heavy atom. The van der Waals surface area contributed by atoms with Crippen molar-refractivity contribution in [2.24, 2.45) is 0 Å². The molecule has 1 unspecified atom stereocenters. The monoisotopic (exact) mass is 191 g/mol. The minimum absolute atomic E-state index is 0.227. The minimum atomic E-state index is -1.18. The zero-order valence-corrected chi connectivity index (χ0v) is 7.41. The van der Waals surface area contributed by atoms with Gasteiger partial charge in [0.05, 0.1) is 0 Å². The highest BCUT2D eigenvalue weighted by Gasteiger charge is 2.23. The molecule has 1 amide bonds. The van der Waals surface area contributed by atoms with Crippen LogP contribution in [-0.2, 0) is 4.79 Å². The summed E-state index contributed by atoms with van der Waals surface area (Å²) in [7, 11) is 1.29. The van der Waals surface area contributed by atoms with Gasteiger partial charge in [-0.3, -0.25) is 9.69 Å². The summed E-state index contributed by atoms with van der Waals surface area (Å²) in [5, 5.41) is 7.81. The highest BCUT2D eigenvalue weighted by atomic mass is 35.5. The van der Waals surface area contributed by atoms with Gasteiger partial charge in [-0.15, -0.1) is 6.58 Å². The molecule has 0 spiro atoms. The van der Waals surface area contributed by atoms with Crippen molar-refractivity contribution in [2.75, 3.05) is 7.05 Å². The molecule has 0 saturated heterocycles. The van der Waals surface area contributed by atoms with E-state index in [1.165, 1.54) is 13.1 Å². The molecule has 0 aromatic heterocycles. The molecule has 0 radical (unpaired) electrons. The number of halogens is 1. The first-order valence-corrected chi connectivity index (χ1v) is 3.64. The molecule has 0 aromatic rings. The number of carbonyl (C=O) groups excluding carboxylic acids is 1. The van der Waals surface area contributed by atoms with Gasteiger partial charge in [-0.1, -0.05) is 6.08 Å². The molecule has 0 aliphatic heterocycles. The van der Waals surface area contributed by atoms with Crippen molar-refractivity contribution >= 4 is 22.9 Å². The van der Waals surface area contributed by atoms with Crippen LogP contribution in [0, 0.1) is 0 Å². The number of nitrogens with zero attached hydrogens (tertiary/aromatic N) is 1. The Labute approximate surface area is 75.4 Å². The van der Waals surface area contributed by atoms with Gasteiger partial charge < -0.3 is 5.11 Å². The van der Waals surface area contributed by atoms with Gasteiger partial charge in [0, 0.05) is 7.05 Å².